The average molecular weight is 418 g/mol. The molecule has 1 aliphatic rings. The fourth-order valence-electron chi connectivity index (χ4n) is 2.59. The first-order valence-electron chi connectivity index (χ1n) is 8.90. The Morgan fingerprint density at radius 1 is 1.39 bits per heavy atom. The number of nitrogens with zero attached hydrogens (tertiary/aromatic N) is 1. The van der Waals surface area contributed by atoms with Crippen molar-refractivity contribution in [1.29, 1.82) is 0 Å². The topological polar surface area (TPSA) is 120 Å². The lowest BCUT2D eigenvalue weighted by Crippen LogP contribution is -2.45. The van der Waals surface area contributed by atoms with Crippen molar-refractivity contribution < 1.29 is 28.2 Å². The Morgan fingerprint density at radius 2 is 2.00 bits per heavy atom. The summed E-state index contributed by atoms with van der Waals surface area (Å²) in [5.41, 5.74) is -1.26. The SMILES string of the molecule is Cc1cn(C2OC(CO[Si](C)(C)C(C)(C)C)C(OC(=O)O)C2F)c(=O)[nH]c1=O. The van der Waals surface area contributed by atoms with Crippen LogP contribution in [0.1, 0.15) is 32.6 Å². The third-order valence-electron chi connectivity index (χ3n) is 5.34. The van der Waals surface area contributed by atoms with Crippen LogP contribution in [-0.4, -0.2) is 54.1 Å². The summed E-state index contributed by atoms with van der Waals surface area (Å²) in [6.45, 7) is 11.5. The number of rotatable bonds is 5. The monoisotopic (exact) mass is 418 g/mol. The predicted octanol–water partition coefficient (Wildman–Crippen LogP) is 2.17. The highest BCUT2D eigenvalue weighted by molar-refractivity contribution is 6.74. The van der Waals surface area contributed by atoms with Crippen molar-refractivity contribution >= 4 is 14.5 Å². The molecule has 1 aliphatic heterocycles. The molecular formula is C17H27FN2O7Si. The van der Waals surface area contributed by atoms with E-state index < -0.39 is 50.3 Å². The van der Waals surface area contributed by atoms with Crippen LogP contribution in [0.15, 0.2) is 15.8 Å². The van der Waals surface area contributed by atoms with Gasteiger partial charge in [-0.3, -0.25) is 14.3 Å². The molecule has 0 aromatic carbocycles. The number of carboxylic acid groups (broad SMARTS) is 1. The molecule has 4 unspecified atom stereocenters. The Bertz CT molecular complexity index is 845. The molecule has 0 radical (unpaired) electrons. The molecule has 1 aromatic rings. The van der Waals surface area contributed by atoms with E-state index in [-0.39, 0.29) is 17.2 Å². The number of halogens is 1. The summed E-state index contributed by atoms with van der Waals surface area (Å²) in [7, 11) is -2.21. The van der Waals surface area contributed by atoms with Crippen molar-refractivity contribution in [2.45, 2.75) is 70.4 Å². The Hall–Kier alpha value is -1.98. The van der Waals surface area contributed by atoms with Gasteiger partial charge in [-0.1, -0.05) is 20.8 Å². The number of aryl methyl sites for hydroxylation is 1. The van der Waals surface area contributed by atoms with E-state index in [0.717, 1.165) is 4.57 Å². The summed E-state index contributed by atoms with van der Waals surface area (Å²) in [4.78, 5) is 36.7. The number of carbonyl (C=O) groups is 1. The minimum absolute atomic E-state index is 0.0809. The molecule has 4 atom stereocenters. The summed E-state index contributed by atoms with van der Waals surface area (Å²) in [5.74, 6) is 0. The average Bonchev–Trinajstić information content (AvgIpc) is 2.84. The lowest BCUT2D eigenvalue weighted by atomic mass is 10.1. The van der Waals surface area contributed by atoms with Gasteiger partial charge in [0.1, 0.15) is 6.10 Å². The second kappa shape index (κ2) is 7.80. The minimum atomic E-state index is -2.21. The fourth-order valence-corrected chi connectivity index (χ4v) is 3.61. The lowest BCUT2D eigenvalue weighted by molar-refractivity contribution is -0.0522. The molecule has 1 aromatic heterocycles. The summed E-state index contributed by atoms with van der Waals surface area (Å²) in [5, 5.41) is 8.85. The summed E-state index contributed by atoms with van der Waals surface area (Å²) >= 11 is 0. The Kier molecular flexibility index (Phi) is 6.21. The molecule has 0 bridgehead atoms. The molecule has 2 rings (SSSR count). The number of hydrogen-bond acceptors (Lipinski definition) is 6. The zero-order valence-corrected chi connectivity index (χ0v) is 17.8. The van der Waals surface area contributed by atoms with Gasteiger partial charge in [0.15, 0.2) is 26.8 Å². The van der Waals surface area contributed by atoms with E-state index >= 15 is 4.39 Å². The molecule has 11 heteroatoms. The Labute approximate surface area is 162 Å². The van der Waals surface area contributed by atoms with Gasteiger partial charge in [-0.25, -0.2) is 14.0 Å². The molecule has 2 heterocycles. The number of aromatic amines is 1. The first-order chi connectivity index (χ1) is 12.7. The second-order valence-electron chi connectivity index (χ2n) is 8.41. The molecular weight excluding hydrogens is 391 g/mol. The quantitative estimate of drug-likeness (QED) is 0.555. The van der Waals surface area contributed by atoms with Gasteiger partial charge < -0.3 is 19.0 Å². The largest absolute Gasteiger partial charge is 0.506 e. The van der Waals surface area contributed by atoms with E-state index in [4.69, 9.17) is 19.0 Å². The van der Waals surface area contributed by atoms with Gasteiger partial charge in [-0.05, 0) is 25.1 Å². The molecule has 0 aliphatic carbocycles. The predicted molar refractivity (Wildman–Crippen MR) is 101 cm³/mol. The zero-order chi connectivity index (χ0) is 21.4. The highest BCUT2D eigenvalue weighted by Crippen LogP contribution is 2.38. The summed E-state index contributed by atoms with van der Waals surface area (Å²) < 4.78 is 32.3. The molecule has 1 fully saturated rings. The van der Waals surface area contributed by atoms with Gasteiger partial charge in [-0.2, -0.15) is 0 Å². The molecule has 2 N–H and O–H groups in total. The van der Waals surface area contributed by atoms with E-state index in [0.29, 0.717) is 0 Å². The Balaban J connectivity index is 2.30. The van der Waals surface area contributed by atoms with E-state index in [1.165, 1.54) is 13.1 Å². The third kappa shape index (κ3) is 4.53. The molecule has 0 amide bonds. The highest BCUT2D eigenvalue weighted by Gasteiger charge is 2.50. The first-order valence-corrected chi connectivity index (χ1v) is 11.8. The second-order valence-corrected chi connectivity index (χ2v) is 13.2. The molecule has 0 spiro atoms. The Morgan fingerprint density at radius 3 is 2.54 bits per heavy atom. The number of ether oxygens (including phenoxy) is 2. The molecule has 28 heavy (non-hydrogen) atoms. The van der Waals surface area contributed by atoms with E-state index in [1.54, 1.807) is 0 Å². The van der Waals surface area contributed by atoms with Gasteiger partial charge in [0.2, 0.25) is 0 Å². The number of nitrogens with one attached hydrogen (secondary N) is 1. The maximum Gasteiger partial charge on any atom is 0.506 e. The van der Waals surface area contributed by atoms with Crippen LogP contribution >= 0.6 is 0 Å². The van der Waals surface area contributed by atoms with Crippen LogP contribution in [0.2, 0.25) is 18.1 Å². The van der Waals surface area contributed by atoms with E-state index in [2.05, 4.69) is 4.98 Å². The van der Waals surface area contributed by atoms with Gasteiger partial charge in [-0.15, -0.1) is 0 Å². The van der Waals surface area contributed by atoms with Crippen LogP contribution in [0, 0.1) is 6.92 Å². The van der Waals surface area contributed by atoms with Gasteiger partial charge in [0.25, 0.3) is 5.56 Å². The van der Waals surface area contributed by atoms with Crippen molar-refractivity contribution in [3.8, 4) is 0 Å². The maximum atomic E-state index is 15.0. The molecule has 0 saturated carbocycles. The van der Waals surface area contributed by atoms with Gasteiger partial charge in [0, 0.05) is 11.8 Å². The minimum Gasteiger partial charge on any atom is -0.450 e. The zero-order valence-electron chi connectivity index (χ0n) is 16.8. The van der Waals surface area contributed by atoms with Crippen LogP contribution in [0.4, 0.5) is 9.18 Å². The smallest absolute Gasteiger partial charge is 0.450 e. The van der Waals surface area contributed by atoms with Crippen LogP contribution in [0.5, 0.6) is 0 Å². The van der Waals surface area contributed by atoms with Crippen LogP contribution < -0.4 is 11.2 Å². The number of aromatic nitrogens is 2. The van der Waals surface area contributed by atoms with Crippen molar-refractivity contribution in [2.75, 3.05) is 6.61 Å². The number of hydrogen-bond donors (Lipinski definition) is 2. The van der Waals surface area contributed by atoms with E-state index in [9.17, 15) is 14.4 Å². The molecule has 9 nitrogen and oxygen atoms in total. The first kappa shape index (κ1) is 22.3. The highest BCUT2D eigenvalue weighted by atomic mass is 28.4. The maximum absolute atomic E-state index is 15.0. The molecule has 158 valence electrons. The van der Waals surface area contributed by atoms with Crippen molar-refractivity contribution in [3.05, 3.63) is 32.6 Å². The molecule has 1 saturated heterocycles. The van der Waals surface area contributed by atoms with Crippen LogP contribution in [0.3, 0.4) is 0 Å². The standard InChI is InChI=1S/C17H27FN2O7Si/c1-9-7-20(15(22)19-13(9)21)14-11(18)12(27-16(23)24)10(26-14)8-25-28(5,6)17(2,3)4/h7,10-12,14H,8H2,1-6H3,(H,23,24)(H,19,21,22). The van der Waals surface area contributed by atoms with Gasteiger partial charge >= 0.3 is 11.8 Å². The van der Waals surface area contributed by atoms with Crippen LogP contribution in [-0.2, 0) is 13.9 Å². The van der Waals surface area contributed by atoms with Crippen molar-refractivity contribution in [2.24, 2.45) is 0 Å². The lowest BCUT2D eigenvalue weighted by Gasteiger charge is -2.37. The normalized spacial score (nSPS) is 25.7. The fraction of sp³-hybridized carbons (Fsp3) is 0.706. The van der Waals surface area contributed by atoms with Crippen molar-refractivity contribution in [1.82, 2.24) is 9.55 Å². The van der Waals surface area contributed by atoms with Crippen LogP contribution in [0.25, 0.3) is 0 Å². The summed E-state index contributed by atoms with van der Waals surface area (Å²) in [6.07, 6.45) is -6.38. The van der Waals surface area contributed by atoms with Gasteiger partial charge in [0.05, 0.1) is 6.61 Å². The third-order valence-corrected chi connectivity index (χ3v) is 9.84. The van der Waals surface area contributed by atoms with E-state index in [1.807, 2.05) is 33.9 Å². The number of alkyl halides is 1. The summed E-state index contributed by atoms with van der Waals surface area (Å²) in [6, 6.07) is 0. The van der Waals surface area contributed by atoms with Crippen molar-refractivity contribution in [3.63, 3.8) is 0 Å². The number of H-pyrrole nitrogens is 1.